The van der Waals surface area contributed by atoms with E-state index in [0.29, 0.717) is 5.69 Å². The third-order valence-electron chi connectivity index (χ3n) is 6.00. The summed E-state index contributed by atoms with van der Waals surface area (Å²) in [5.74, 6) is 0.450. The fourth-order valence-electron chi connectivity index (χ4n) is 4.04. The van der Waals surface area contributed by atoms with E-state index in [1.165, 1.54) is 18.5 Å². The fourth-order valence-corrected chi connectivity index (χ4v) is 5.22. The van der Waals surface area contributed by atoms with Gasteiger partial charge >= 0.3 is 0 Å². The molecular weight excluding hydrogens is 410 g/mol. The second kappa shape index (κ2) is 9.73. The number of para-hydroxylation sites is 1. The number of nitrogens with zero attached hydrogens (tertiary/aromatic N) is 2. The molecule has 0 aliphatic carbocycles. The van der Waals surface area contributed by atoms with Gasteiger partial charge in [0.25, 0.3) is 0 Å². The molecule has 0 spiro atoms. The zero-order valence-corrected chi connectivity index (χ0v) is 19.6. The number of anilines is 2. The molecule has 0 radical (unpaired) electrons. The van der Waals surface area contributed by atoms with Crippen molar-refractivity contribution in [1.29, 1.82) is 0 Å². The van der Waals surface area contributed by atoms with Crippen molar-refractivity contribution in [2.24, 2.45) is 5.92 Å². The lowest BCUT2D eigenvalue weighted by Crippen LogP contribution is -2.48. The number of benzene rings is 2. The van der Waals surface area contributed by atoms with Gasteiger partial charge in [0.1, 0.15) is 6.04 Å². The fraction of sp³-hybridized carbons (Fsp3) is 0.458. The van der Waals surface area contributed by atoms with Gasteiger partial charge in [-0.05, 0) is 62.4 Å². The molecule has 31 heavy (non-hydrogen) atoms. The van der Waals surface area contributed by atoms with Crippen LogP contribution in [0.2, 0.25) is 0 Å². The quantitative estimate of drug-likeness (QED) is 0.703. The summed E-state index contributed by atoms with van der Waals surface area (Å²) in [6.07, 6.45) is 3.54. The van der Waals surface area contributed by atoms with Crippen molar-refractivity contribution in [2.75, 3.05) is 28.6 Å². The summed E-state index contributed by atoms with van der Waals surface area (Å²) >= 11 is 0. The highest BCUT2D eigenvalue weighted by molar-refractivity contribution is 7.92. The maximum atomic E-state index is 12.9. The van der Waals surface area contributed by atoms with E-state index < -0.39 is 16.1 Å². The third-order valence-corrected chi connectivity index (χ3v) is 7.24. The molecule has 1 saturated heterocycles. The van der Waals surface area contributed by atoms with Crippen molar-refractivity contribution in [3.8, 4) is 0 Å². The Morgan fingerprint density at radius 2 is 1.61 bits per heavy atom. The van der Waals surface area contributed by atoms with Crippen molar-refractivity contribution < 1.29 is 13.2 Å². The van der Waals surface area contributed by atoms with Crippen LogP contribution in [0.15, 0.2) is 54.6 Å². The predicted octanol–water partition coefficient (Wildman–Crippen LogP) is 3.95. The Kier molecular flexibility index (Phi) is 7.26. The number of carbonyl (C=O) groups is 1. The van der Waals surface area contributed by atoms with Gasteiger partial charge in [0.15, 0.2) is 0 Å². The summed E-state index contributed by atoms with van der Waals surface area (Å²) in [5.41, 5.74) is 2.66. The number of piperidine rings is 1. The zero-order valence-electron chi connectivity index (χ0n) is 18.8. The number of hydrogen-bond acceptors (Lipinski definition) is 4. The highest BCUT2D eigenvalue weighted by Gasteiger charge is 2.29. The molecule has 6 nitrogen and oxygen atoms in total. The number of nitrogens with one attached hydrogen (secondary N) is 1. The van der Waals surface area contributed by atoms with Gasteiger partial charge in [-0.25, -0.2) is 8.42 Å². The molecular formula is C24H33N3O3S. The van der Waals surface area contributed by atoms with Crippen molar-refractivity contribution >= 4 is 27.3 Å². The number of amides is 1. The first kappa shape index (κ1) is 23.1. The lowest BCUT2D eigenvalue weighted by Gasteiger charge is -2.32. The van der Waals surface area contributed by atoms with E-state index >= 15 is 0 Å². The average molecular weight is 444 g/mol. The topological polar surface area (TPSA) is 69.7 Å². The van der Waals surface area contributed by atoms with Crippen LogP contribution in [0.25, 0.3) is 0 Å². The van der Waals surface area contributed by atoms with Crippen molar-refractivity contribution in [1.82, 2.24) is 5.32 Å². The summed E-state index contributed by atoms with van der Waals surface area (Å²) in [6.45, 7) is 7.97. The maximum absolute atomic E-state index is 12.9. The van der Waals surface area contributed by atoms with Crippen LogP contribution in [-0.4, -0.2) is 39.7 Å². The normalized spacial score (nSPS) is 17.1. The molecule has 2 aromatic carbocycles. The highest BCUT2D eigenvalue weighted by atomic mass is 32.2. The van der Waals surface area contributed by atoms with E-state index in [4.69, 9.17) is 0 Å². The van der Waals surface area contributed by atoms with E-state index in [1.807, 2.05) is 25.1 Å². The molecule has 0 unspecified atom stereocenters. The molecule has 1 aliphatic heterocycles. The standard InChI is InChI=1S/C24H33N3O3S/c1-18-14-16-26(17-15-18)22-12-10-21(11-13-22)19(2)25-24(28)20(3)27(31(4,29)30)23-8-6-5-7-9-23/h5-13,18-20H,14-17H2,1-4H3,(H,25,28)/t19-,20-/m0/s1. The number of rotatable bonds is 7. The minimum atomic E-state index is -3.62. The van der Waals surface area contributed by atoms with Crippen LogP contribution in [0, 0.1) is 5.92 Å². The molecule has 1 amide bonds. The van der Waals surface area contributed by atoms with Crippen LogP contribution in [0.1, 0.15) is 45.2 Å². The summed E-state index contributed by atoms with van der Waals surface area (Å²) < 4.78 is 25.9. The van der Waals surface area contributed by atoms with Crippen LogP contribution in [-0.2, 0) is 14.8 Å². The molecule has 3 rings (SSSR count). The van der Waals surface area contributed by atoms with Crippen molar-refractivity contribution in [2.45, 2.75) is 45.7 Å². The zero-order chi connectivity index (χ0) is 22.6. The lowest BCUT2D eigenvalue weighted by atomic mass is 9.98. The summed E-state index contributed by atoms with van der Waals surface area (Å²) in [5, 5.41) is 2.96. The smallest absolute Gasteiger partial charge is 0.244 e. The largest absolute Gasteiger partial charge is 0.372 e. The predicted molar refractivity (Wildman–Crippen MR) is 127 cm³/mol. The molecule has 2 aromatic rings. The van der Waals surface area contributed by atoms with Crippen LogP contribution < -0.4 is 14.5 Å². The molecule has 2 atom stereocenters. The van der Waals surface area contributed by atoms with E-state index in [0.717, 1.165) is 35.1 Å². The van der Waals surface area contributed by atoms with Gasteiger partial charge in [-0.2, -0.15) is 0 Å². The van der Waals surface area contributed by atoms with Gasteiger partial charge < -0.3 is 10.2 Å². The van der Waals surface area contributed by atoms with E-state index in [9.17, 15) is 13.2 Å². The molecule has 1 aliphatic rings. The second-order valence-corrected chi connectivity index (χ2v) is 10.4. The third kappa shape index (κ3) is 5.79. The van der Waals surface area contributed by atoms with Gasteiger partial charge in [0, 0.05) is 18.8 Å². The van der Waals surface area contributed by atoms with E-state index in [-0.39, 0.29) is 11.9 Å². The molecule has 0 aromatic heterocycles. The van der Waals surface area contributed by atoms with Gasteiger partial charge in [-0.1, -0.05) is 37.3 Å². The average Bonchev–Trinajstić information content (AvgIpc) is 2.74. The Morgan fingerprint density at radius 1 is 1.03 bits per heavy atom. The minimum Gasteiger partial charge on any atom is -0.372 e. The second-order valence-electron chi connectivity index (χ2n) is 8.56. The molecule has 0 saturated carbocycles. The van der Waals surface area contributed by atoms with Crippen LogP contribution >= 0.6 is 0 Å². The Hall–Kier alpha value is -2.54. The summed E-state index contributed by atoms with van der Waals surface area (Å²) in [7, 11) is -3.62. The summed E-state index contributed by atoms with van der Waals surface area (Å²) in [4.78, 5) is 15.3. The Bertz CT molecular complexity index is 969. The molecule has 0 bridgehead atoms. The Labute approximate surface area is 186 Å². The van der Waals surface area contributed by atoms with Crippen LogP contribution in [0.5, 0.6) is 0 Å². The Morgan fingerprint density at radius 3 is 2.16 bits per heavy atom. The van der Waals surface area contributed by atoms with Crippen LogP contribution in [0.4, 0.5) is 11.4 Å². The first-order valence-corrected chi connectivity index (χ1v) is 12.7. The maximum Gasteiger partial charge on any atom is 0.244 e. The SMILES string of the molecule is CC1CCN(c2ccc([C@H](C)NC(=O)[C@H](C)N(c3ccccc3)S(C)(=O)=O)cc2)CC1. The number of carbonyl (C=O) groups excluding carboxylic acids is 1. The van der Waals surface area contributed by atoms with Crippen molar-refractivity contribution in [3.63, 3.8) is 0 Å². The molecule has 1 heterocycles. The molecule has 7 heteroatoms. The van der Waals surface area contributed by atoms with E-state index in [2.05, 4.69) is 29.3 Å². The first-order chi connectivity index (χ1) is 14.7. The van der Waals surface area contributed by atoms with Crippen LogP contribution in [0.3, 0.4) is 0 Å². The Balaban J connectivity index is 1.67. The van der Waals surface area contributed by atoms with Crippen molar-refractivity contribution in [3.05, 3.63) is 60.2 Å². The van der Waals surface area contributed by atoms with Gasteiger partial charge in [-0.15, -0.1) is 0 Å². The minimum absolute atomic E-state index is 0.234. The monoisotopic (exact) mass is 443 g/mol. The number of sulfonamides is 1. The molecule has 1 N–H and O–H groups in total. The van der Waals surface area contributed by atoms with Gasteiger partial charge in [0.05, 0.1) is 18.0 Å². The summed E-state index contributed by atoms with van der Waals surface area (Å²) in [6, 6.07) is 15.9. The lowest BCUT2D eigenvalue weighted by molar-refractivity contribution is -0.122. The van der Waals surface area contributed by atoms with Gasteiger partial charge in [0.2, 0.25) is 15.9 Å². The molecule has 1 fully saturated rings. The first-order valence-electron chi connectivity index (χ1n) is 10.9. The molecule has 168 valence electrons. The van der Waals surface area contributed by atoms with Gasteiger partial charge in [-0.3, -0.25) is 9.10 Å². The highest BCUT2D eigenvalue weighted by Crippen LogP contribution is 2.25. The number of hydrogen-bond donors (Lipinski definition) is 1. The van der Waals surface area contributed by atoms with E-state index in [1.54, 1.807) is 31.2 Å².